The van der Waals surface area contributed by atoms with Crippen molar-refractivity contribution in [3.05, 3.63) is 287 Å². The van der Waals surface area contributed by atoms with Gasteiger partial charge in [-0.2, -0.15) is 0 Å². The SMILES string of the molecule is CC(=O)N[C@H]1[C@H](O[C@H]2[C@@H](OCc3ccccc3)[C@@H](COCc3ccccc3)O[C@@H](O[C@H]3[C@H](OCc4ccccc4)[C@@H](OCc4ccccc4)[C@H](O)O[C@@H]3COCc3ccccc3)[C@@H]2OCc2ccccc2)O[C@H](COCc2ccccc2)[C@@H](O[C@@H]2O[C@H](COC(C)=O)[C@H](OC(C)=O)[C@H](OC(C)=O)[C@H]2OC(C)=O)[C@@H]1OCc1ccccc1. The molecule has 0 bridgehead atoms. The lowest BCUT2D eigenvalue weighted by Crippen LogP contribution is -2.71. The van der Waals surface area contributed by atoms with Crippen molar-refractivity contribution in [3.63, 3.8) is 0 Å². The van der Waals surface area contributed by atoms with E-state index < -0.39 is 159 Å². The number of benzene rings is 8. The average Bonchev–Trinajstić information content (AvgIpc) is 0.759. The fraction of sp³-hybridized carbons (Fsp3) is 0.411. The minimum Gasteiger partial charge on any atom is -0.463 e. The summed E-state index contributed by atoms with van der Waals surface area (Å²) in [4.78, 5) is 67.0. The highest BCUT2D eigenvalue weighted by Crippen LogP contribution is 2.41. The van der Waals surface area contributed by atoms with E-state index in [1.54, 1.807) is 0 Å². The lowest BCUT2D eigenvalue weighted by Gasteiger charge is -2.52. The van der Waals surface area contributed by atoms with E-state index in [9.17, 15) is 29.1 Å². The minimum absolute atomic E-state index is 0.0170. The van der Waals surface area contributed by atoms with Gasteiger partial charge in [0.15, 0.2) is 43.5 Å². The molecule has 0 radical (unpaired) electrons. The number of nitrogens with one attached hydrogen (secondary N) is 1. The zero-order chi connectivity index (χ0) is 81.0. The number of hydrogen-bond donors (Lipinski definition) is 2. The van der Waals surface area contributed by atoms with Crippen molar-refractivity contribution in [1.29, 1.82) is 0 Å². The van der Waals surface area contributed by atoms with E-state index >= 15 is 0 Å². The van der Waals surface area contributed by atoms with E-state index in [2.05, 4.69) is 5.32 Å². The van der Waals surface area contributed by atoms with E-state index in [0.29, 0.717) is 5.56 Å². The number of ether oxygens (including phenoxy) is 19. The fourth-order valence-electron chi connectivity index (χ4n) is 14.3. The van der Waals surface area contributed by atoms with Crippen molar-refractivity contribution in [2.45, 2.75) is 210 Å². The Balaban J connectivity index is 1.02. The van der Waals surface area contributed by atoms with Crippen LogP contribution in [-0.2, 0) is 167 Å². The highest BCUT2D eigenvalue weighted by Gasteiger charge is 2.60. The van der Waals surface area contributed by atoms with E-state index in [4.69, 9.17) is 90.0 Å². The van der Waals surface area contributed by atoms with E-state index in [1.165, 1.54) is 6.92 Å². The molecule has 4 heterocycles. The standard InChI is InChI=1S/C90H101NO25/c1-58(92)91-75-80(103-50-67-38-22-10-23-39-67)77(114-90-86(109-62(5)96)83(108-61(4)95)79(107-60(3)94)74(113-90)57-101-59(2)93)73(56-100-48-65-34-18-8-19-35-65)111-88(75)116-82-76(102-49-66-36-20-9-21-37-66)71(54-98-46-63-30-14-6-15-31-63)112-89(85(82)106-53-70-44-28-13-29-45-70)115-78-72(55-99-47-64-32-16-7-17-33-64)110-87(97)84(105-52-69-42-26-12-27-43-69)81(78)104-51-68-40-24-11-25-41-68/h6-45,71-90,97H,46-57H2,1-5H3,(H,91,92)/t71-,72-,73-,74-,75-,76+,77-,78-,79+,80-,81+,82+,83+,84-,85-,86-,87-,88+,89+,90+/m1/s1. The van der Waals surface area contributed by atoms with Gasteiger partial charge < -0.3 is 100 Å². The van der Waals surface area contributed by atoms with Crippen LogP contribution in [0.3, 0.4) is 0 Å². The lowest BCUT2D eigenvalue weighted by molar-refractivity contribution is -0.392. The summed E-state index contributed by atoms with van der Waals surface area (Å²) in [5, 5.41) is 15.6. The Morgan fingerprint density at radius 1 is 0.284 bits per heavy atom. The summed E-state index contributed by atoms with van der Waals surface area (Å²) in [6, 6.07) is 74.2. The number of carbonyl (C=O) groups excluding carboxylic acids is 5. The zero-order valence-corrected chi connectivity index (χ0v) is 65.4. The monoisotopic (exact) mass is 1600 g/mol. The van der Waals surface area contributed by atoms with Gasteiger partial charge in [0.05, 0.1) is 72.7 Å². The Labute approximate surface area is 674 Å². The number of aliphatic hydroxyl groups excluding tert-OH is 1. The summed E-state index contributed by atoms with van der Waals surface area (Å²) in [6.45, 7) is 4.60. The van der Waals surface area contributed by atoms with Crippen molar-refractivity contribution in [3.8, 4) is 0 Å². The summed E-state index contributed by atoms with van der Waals surface area (Å²) in [5.41, 5.74) is 6.26. The Hall–Kier alpha value is -9.53. The normalized spacial score (nSPS) is 27.2. The lowest BCUT2D eigenvalue weighted by atomic mass is 9.93. The maximum Gasteiger partial charge on any atom is 0.303 e. The number of esters is 4. The average molecular weight is 1600 g/mol. The molecule has 8 aromatic carbocycles. The van der Waals surface area contributed by atoms with Gasteiger partial charge in [-0.05, 0) is 44.5 Å². The first-order chi connectivity index (χ1) is 56.5. The predicted octanol–water partition coefficient (Wildman–Crippen LogP) is 10.5. The van der Waals surface area contributed by atoms with Gasteiger partial charge in [-0.1, -0.05) is 243 Å². The van der Waals surface area contributed by atoms with Gasteiger partial charge in [0.2, 0.25) is 5.91 Å². The third-order valence-electron chi connectivity index (χ3n) is 19.6. The first-order valence-corrected chi connectivity index (χ1v) is 38.9. The number of rotatable bonds is 39. The summed E-state index contributed by atoms with van der Waals surface area (Å²) < 4.78 is 130. The zero-order valence-electron chi connectivity index (χ0n) is 65.4. The van der Waals surface area contributed by atoms with Gasteiger partial charge in [0.25, 0.3) is 0 Å². The van der Waals surface area contributed by atoms with Gasteiger partial charge in [0.1, 0.15) is 85.9 Å². The molecule has 4 aliphatic heterocycles. The third kappa shape index (κ3) is 25.2. The summed E-state index contributed by atoms with van der Waals surface area (Å²) in [7, 11) is 0. The maximum absolute atomic E-state index is 14.5. The van der Waals surface area contributed by atoms with E-state index in [1.807, 2.05) is 243 Å². The molecule has 116 heavy (non-hydrogen) atoms. The van der Waals surface area contributed by atoms with E-state index in [-0.39, 0.29) is 72.7 Å². The predicted molar refractivity (Wildman–Crippen MR) is 416 cm³/mol. The number of hydrogen-bond acceptors (Lipinski definition) is 25. The van der Waals surface area contributed by atoms with E-state index in [0.717, 1.165) is 66.6 Å². The van der Waals surface area contributed by atoms with Gasteiger partial charge >= 0.3 is 23.9 Å². The molecule has 26 heteroatoms. The van der Waals surface area contributed by atoms with Crippen LogP contribution < -0.4 is 5.32 Å². The maximum atomic E-state index is 14.5. The second-order valence-electron chi connectivity index (χ2n) is 28.6. The molecular formula is C90H101NO25. The largest absolute Gasteiger partial charge is 0.463 e. The Morgan fingerprint density at radius 2 is 0.578 bits per heavy atom. The van der Waals surface area contributed by atoms with Crippen LogP contribution in [0.1, 0.15) is 79.1 Å². The van der Waals surface area contributed by atoms with Crippen molar-refractivity contribution < 1.29 is 119 Å². The molecule has 12 rings (SSSR count). The minimum atomic E-state index is -1.82. The van der Waals surface area contributed by atoms with Gasteiger partial charge in [-0.15, -0.1) is 0 Å². The molecule has 0 saturated carbocycles. The van der Waals surface area contributed by atoms with Gasteiger partial charge in [0, 0.05) is 34.6 Å². The van der Waals surface area contributed by atoms with Crippen molar-refractivity contribution in [1.82, 2.24) is 5.32 Å². The molecule has 26 nitrogen and oxygen atoms in total. The van der Waals surface area contributed by atoms with Crippen LogP contribution in [0.25, 0.3) is 0 Å². The first-order valence-electron chi connectivity index (χ1n) is 38.9. The molecule has 2 N–H and O–H groups in total. The molecule has 0 aromatic heterocycles. The summed E-state index contributed by atoms with van der Waals surface area (Å²) >= 11 is 0. The molecule has 4 fully saturated rings. The van der Waals surface area contributed by atoms with Crippen LogP contribution in [0.15, 0.2) is 243 Å². The van der Waals surface area contributed by atoms with Crippen LogP contribution >= 0.6 is 0 Å². The number of amides is 1. The molecular weight excluding hydrogens is 1490 g/mol. The highest BCUT2D eigenvalue weighted by atomic mass is 16.8. The second kappa shape index (κ2) is 44.1. The molecule has 0 aliphatic carbocycles. The number of carbonyl (C=O) groups is 5. The molecule has 0 unspecified atom stereocenters. The van der Waals surface area contributed by atoms with Crippen LogP contribution in [0.2, 0.25) is 0 Å². The molecule has 0 spiro atoms. The topological polar surface area (TPSA) is 293 Å². The third-order valence-corrected chi connectivity index (χ3v) is 19.6. The molecule has 4 saturated heterocycles. The Kier molecular flexibility index (Phi) is 32.7. The highest BCUT2D eigenvalue weighted by molar-refractivity contribution is 5.73. The molecule has 4 aliphatic rings. The van der Waals surface area contributed by atoms with Gasteiger partial charge in [-0.3, -0.25) is 24.0 Å². The molecule has 616 valence electrons. The van der Waals surface area contributed by atoms with Crippen molar-refractivity contribution in [2.24, 2.45) is 0 Å². The Morgan fingerprint density at radius 3 is 0.966 bits per heavy atom. The fourth-order valence-corrected chi connectivity index (χ4v) is 14.3. The summed E-state index contributed by atoms with van der Waals surface area (Å²) in [6.07, 6.45) is -27.4. The summed E-state index contributed by atoms with van der Waals surface area (Å²) in [5.74, 6) is -3.96. The van der Waals surface area contributed by atoms with Crippen molar-refractivity contribution in [2.75, 3.05) is 26.4 Å². The van der Waals surface area contributed by atoms with Gasteiger partial charge in [-0.25, -0.2) is 0 Å². The van der Waals surface area contributed by atoms with Crippen LogP contribution in [0.4, 0.5) is 0 Å². The van der Waals surface area contributed by atoms with Crippen LogP contribution in [-0.4, -0.2) is 184 Å². The molecule has 1 amide bonds. The van der Waals surface area contributed by atoms with Crippen molar-refractivity contribution >= 4 is 29.8 Å². The van der Waals surface area contributed by atoms with Crippen LogP contribution in [0, 0.1) is 0 Å². The molecule has 20 atom stereocenters. The number of aliphatic hydroxyl groups is 1. The quantitative estimate of drug-likeness (QED) is 0.0267. The van der Waals surface area contributed by atoms with Crippen LogP contribution in [0.5, 0.6) is 0 Å². The molecule has 8 aromatic rings. The Bertz CT molecular complexity index is 4250. The first kappa shape index (κ1) is 85.8. The smallest absolute Gasteiger partial charge is 0.303 e. The second-order valence-corrected chi connectivity index (χ2v) is 28.6.